The number of esters is 1. The molecule has 7 amide bonds. The van der Waals surface area contributed by atoms with Crippen molar-refractivity contribution >= 4 is 75.4 Å². The van der Waals surface area contributed by atoms with E-state index in [1.54, 1.807) is 24.1 Å². The minimum absolute atomic E-state index is 0.0325. The van der Waals surface area contributed by atoms with Crippen LogP contribution in [0.15, 0.2) is 72.9 Å². The number of nitrogens with zero attached hydrogens (tertiary/aromatic N) is 4. The monoisotopic (exact) mass is 1110 g/mol. The molecule has 4 rings (SSSR count). The molecule has 2 heterocycles. The predicted molar refractivity (Wildman–Crippen MR) is 295 cm³/mol. The molecular formula is C54H77F2N7O10SSi2. The number of thioether (sulfide) groups is 1. The van der Waals surface area contributed by atoms with Gasteiger partial charge in [0.2, 0.25) is 23.6 Å². The first-order valence-electron chi connectivity index (χ1n) is 25.6. The predicted octanol–water partition coefficient (Wildman–Crippen LogP) is 7.29. The number of nitrogens with two attached hydrogens (primary N) is 1. The minimum Gasteiger partial charge on any atom is -0.464 e. The average Bonchev–Trinajstić information content (AvgIpc) is 3.87. The summed E-state index contributed by atoms with van der Waals surface area (Å²) in [7, 11) is -4.39. The maximum atomic E-state index is 15.5. The van der Waals surface area contributed by atoms with Gasteiger partial charge in [-0.05, 0) is 61.1 Å². The fraction of sp³-hybridized carbons (Fsp3) is 0.519. The van der Waals surface area contributed by atoms with Gasteiger partial charge < -0.3 is 40.2 Å². The van der Waals surface area contributed by atoms with E-state index in [-0.39, 0.29) is 81.6 Å². The van der Waals surface area contributed by atoms with Crippen LogP contribution in [0.1, 0.15) is 70.7 Å². The van der Waals surface area contributed by atoms with E-state index in [1.807, 2.05) is 75.3 Å². The van der Waals surface area contributed by atoms with Gasteiger partial charge in [-0.3, -0.25) is 33.7 Å². The molecule has 0 unspecified atom stereocenters. The number of halogens is 2. The molecule has 0 spiro atoms. The first kappa shape index (κ1) is 62.4. The normalized spacial score (nSPS) is 14.0. The lowest BCUT2D eigenvalue weighted by Gasteiger charge is -2.49. The number of rotatable bonds is 29. The maximum absolute atomic E-state index is 15.5. The molecule has 0 saturated carbocycles. The van der Waals surface area contributed by atoms with Crippen molar-refractivity contribution < 1.29 is 56.6 Å². The lowest BCUT2D eigenvalue weighted by atomic mass is 9.83. The van der Waals surface area contributed by atoms with Crippen LogP contribution in [0.2, 0.25) is 45.3 Å². The van der Waals surface area contributed by atoms with Crippen LogP contribution in [-0.4, -0.2) is 146 Å². The Balaban J connectivity index is 1.68. The van der Waals surface area contributed by atoms with Gasteiger partial charge in [0.05, 0.1) is 33.1 Å². The van der Waals surface area contributed by atoms with E-state index in [1.165, 1.54) is 16.7 Å². The van der Waals surface area contributed by atoms with Crippen LogP contribution < -0.4 is 16.4 Å². The number of amides is 7. The van der Waals surface area contributed by atoms with Gasteiger partial charge in [0, 0.05) is 94.6 Å². The highest BCUT2D eigenvalue weighted by atomic mass is 32.2. The van der Waals surface area contributed by atoms with Gasteiger partial charge in [-0.15, -0.1) is 0 Å². The number of ether oxygens (including phenoxy) is 2. The second-order valence-corrected chi connectivity index (χ2v) is 34.1. The third-order valence-electron chi connectivity index (χ3n) is 12.9. The smallest absolute Gasteiger partial charge is 0.407 e. The van der Waals surface area contributed by atoms with E-state index in [4.69, 9.17) is 15.2 Å². The van der Waals surface area contributed by atoms with E-state index in [0.29, 0.717) is 24.2 Å². The lowest BCUT2D eigenvalue weighted by Crippen LogP contribution is -2.71. The van der Waals surface area contributed by atoms with Crippen LogP contribution in [0.3, 0.4) is 0 Å². The second kappa shape index (κ2) is 27.8. The van der Waals surface area contributed by atoms with Crippen LogP contribution in [0, 0.1) is 17.0 Å². The standard InChI is InChI=1S/C54H77F2N7O10SSi2/c1-11-72-51(70)54(76(8,9)10,24-22-44(57)64)63(28-26-58-45(65)36-62-46(66)20-21-47(62)67)48(68)23-30-74-37-49(69)61(27-15-25-59-52(71)73-29-31-75(5,6)7)50(53(2,3)4)43-32-39(41-33-40(55)18-19-42(41)56)35-60(43)34-38-16-13-12-14-17-38/h12-14,16-21,32-33,35,50H,11,15,22-31,34,36-37H2,1-10H3,(H2,57,64)(H,58,65)(H,59,71)/t50-,54+/m0/s1. The van der Waals surface area contributed by atoms with Crippen molar-refractivity contribution in [3.05, 3.63) is 95.8 Å². The maximum Gasteiger partial charge on any atom is 0.407 e. The molecule has 0 fully saturated rings. The number of hydrogen-bond donors (Lipinski definition) is 3. The summed E-state index contributed by atoms with van der Waals surface area (Å²) in [6, 6.07) is 14.8. The summed E-state index contributed by atoms with van der Waals surface area (Å²) in [6.45, 7) is 19.6. The fourth-order valence-electron chi connectivity index (χ4n) is 9.10. The molecule has 0 aliphatic carbocycles. The number of imide groups is 1. The van der Waals surface area contributed by atoms with Gasteiger partial charge in [-0.2, -0.15) is 11.8 Å². The largest absolute Gasteiger partial charge is 0.464 e. The fourth-order valence-corrected chi connectivity index (χ4v) is 13.2. The molecule has 4 N–H and O–H groups in total. The third-order valence-corrected chi connectivity index (χ3v) is 18.8. The molecular weight excluding hydrogens is 1030 g/mol. The Morgan fingerprint density at radius 1 is 0.842 bits per heavy atom. The summed E-state index contributed by atoms with van der Waals surface area (Å²) in [5, 5.41) is 3.81. The van der Waals surface area contributed by atoms with Crippen LogP contribution >= 0.6 is 11.8 Å². The van der Waals surface area contributed by atoms with Crippen molar-refractivity contribution in [1.82, 2.24) is 29.9 Å². The Labute approximate surface area is 452 Å². The Hall–Kier alpha value is -6.14. The summed E-state index contributed by atoms with van der Waals surface area (Å²) in [4.78, 5) is 110. The number of nitrogens with one attached hydrogen (secondary N) is 2. The van der Waals surface area contributed by atoms with Crippen LogP contribution in [-0.2, 0) is 49.6 Å². The quantitative estimate of drug-likeness (QED) is 0.0271. The van der Waals surface area contributed by atoms with Crippen molar-refractivity contribution in [2.24, 2.45) is 11.1 Å². The summed E-state index contributed by atoms with van der Waals surface area (Å²) in [6.07, 6.45) is 3.01. The summed E-state index contributed by atoms with van der Waals surface area (Å²) < 4.78 is 43.2. The zero-order chi connectivity index (χ0) is 56.6. The summed E-state index contributed by atoms with van der Waals surface area (Å²) in [5.74, 6) is -5.51. The molecule has 1 aliphatic rings. The van der Waals surface area contributed by atoms with Gasteiger partial charge in [-0.1, -0.05) is 90.4 Å². The van der Waals surface area contributed by atoms with Crippen LogP contribution in [0.5, 0.6) is 0 Å². The second-order valence-electron chi connectivity index (χ2n) is 22.1. The topological polar surface area (TPSA) is 220 Å². The highest BCUT2D eigenvalue weighted by Crippen LogP contribution is 2.42. The number of hydrogen-bond acceptors (Lipinski definition) is 11. The highest BCUT2D eigenvalue weighted by molar-refractivity contribution is 7.99. The number of carbonyl (C=O) groups excluding carboxylic acids is 8. The number of benzene rings is 2. The molecule has 416 valence electrons. The zero-order valence-electron chi connectivity index (χ0n) is 45.7. The molecule has 2 aromatic carbocycles. The minimum atomic E-state index is -2.93. The average molecular weight is 1110 g/mol. The van der Waals surface area contributed by atoms with Gasteiger partial charge in [-0.25, -0.2) is 18.4 Å². The zero-order valence-corrected chi connectivity index (χ0v) is 48.5. The Morgan fingerprint density at radius 2 is 1.51 bits per heavy atom. The van der Waals surface area contributed by atoms with Crippen molar-refractivity contribution in [3.8, 4) is 11.1 Å². The third kappa shape index (κ3) is 17.7. The lowest BCUT2D eigenvalue weighted by molar-refractivity contribution is -0.159. The van der Waals surface area contributed by atoms with Crippen molar-refractivity contribution in [3.63, 3.8) is 0 Å². The van der Waals surface area contributed by atoms with Crippen molar-refractivity contribution in [2.45, 2.75) is 116 Å². The number of primary amides is 1. The molecule has 76 heavy (non-hydrogen) atoms. The van der Waals surface area contributed by atoms with E-state index < -0.39 is 92.5 Å². The number of aromatic nitrogens is 1. The van der Waals surface area contributed by atoms with Gasteiger partial charge in [0.25, 0.3) is 11.8 Å². The molecule has 22 heteroatoms. The van der Waals surface area contributed by atoms with Crippen molar-refractivity contribution in [1.29, 1.82) is 0 Å². The Kier molecular flexibility index (Phi) is 22.8. The molecule has 3 aromatic rings. The first-order chi connectivity index (χ1) is 35.6. The van der Waals surface area contributed by atoms with Gasteiger partial charge in [0.15, 0.2) is 0 Å². The number of alkyl carbamates (subject to hydrolysis) is 1. The van der Waals surface area contributed by atoms with Crippen LogP contribution in [0.25, 0.3) is 11.1 Å². The van der Waals surface area contributed by atoms with E-state index in [9.17, 15) is 42.7 Å². The summed E-state index contributed by atoms with van der Waals surface area (Å²) >= 11 is 1.18. The SMILES string of the molecule is CCOC(=O)[C@](CCC(N)=O)(N(CCNC(=O)CN1C(=O)C=CC1=O)C(=O)CCSCC(=O)N(CCCNC(=O)OCC[Si](C)(C)C)[C@@H](c1cc(-c2cc(F)ccc2F)cn1Cc1ccccc1)C(C)(C)C)[Si](C)(C)C. The molecule has 0 bridgehead atoms. The Bertz CT molecular complexity index is 2560. The van der Waals surface area contributed by atoms with Crippen molar-refractivity contribution in [2.75, 3.05) is 57.4 Å². The molecule has 0 radical (unpaired) electrons. The molecule has 2 atom stereocenters. The molecule has 1 aromatic heterocycles. The van der Waals surface area contributed by atoms with E-state index in [2.05, 4.69) is 30.3 Å². The van der Waals surface area contributed by atoms with E-state index in [0.717, 1.165) is 46.9 Å². The molecule has 1 aliphatic heterocycles. The number of carbonyl (C=O) groups is 8. The highest BCUT2D eigenvalue weighted by Gasteiger charge is 2.56. The Morgan fingerprint density at radius 3 is 2.12 bits per heavy atom. The van der Waals surface area contributed by atoms with Gasteiger partial charge >= 0.3 is 12.1 Å². The summed E-state index contributed by atoms with van der Waals surface area (Å²) in [5.41, 5.74) is 7.00. The van der Waals surface area contributed by atoms with Gasteiger partial charge in [0.1, 0.15) is 23.3 Å². The first-order valence-corrected chi connectivity index (χ1v) is 34.0. The van der Waals surface area contributed by atoms with E-state index >= 15 is 4.39 Å². The molecule has 17 nitrogen and oxygen atoms in total. The molecule has 0 saturated heterocycles. The van der Waals surface area contributed by atoms with Crippen LogP contribution in [0.4, 0.5) is 13.6 Å².